The van der Waals surface area contributed by atoms with Gasteiger partial charge < -0.3 is 29.2 Å². The van der Waals surface area contributed by atoms with Crippen molar-refractivity contribution >= 4 is 12.1 Å². The molecule has 18 heavy (non-hydrogen) atoms. The van der Waals surface area contributed by atoms with E-state index in [0.29, 0.717) is 0 Å². The molecule has 0 saturated carbocycles. The van der Waals surface area contributed by atoms with Crippen molar-refractivity contribution < 1.29 is 38.7 Å². The molecule has 106 valence electrons. The van der Waals surface area contributed by atoms with Gasteiger partial charge in [0.05, 0.1) is 13.2 Å². The van der Waals surface area contributed by atoms with Crippen LogP contribution in [0.5, 0.6) is 0 Å². The Hall–Kier alpha value is -1.38. The van der Waals surface area contributed by atoms with E-state index in [9.17, 15) is 14.7 Å². The molecule has 8 nitrogen and oxygen atoms in total. The van der Waals surface area contributed by atoms with Crippen molar-refractivity contribution in [3.63, 3.8) is 0 Å². The van der Waals surface area contributed by atoms with Crippen LogP contribution < -0.4 is 0 Å². The third kappa shape index (κ3) is 8.74. The average molecular weight is 266 g/mol. The molecule has 8 heteroatoms. The fourth-order valence-electron chi connectivity index (χ4n) is 0.909. The molecule has 0 aliphatic carbocycles. The van der Waals surface area contributed by atoms with Crippen LogP contribution in [0.1, 0.15) is 6.92 Å². The Morgan fingerprint density at radius 3 is 2.33 bits per heavy atom. The molecule has 2 atom stereocenters. The van der Waals surface area contributed by atoms with Gasteiger partial charge in [-0.3, -0.25) is 4.79 Å². The first kappa shape index (κ1) is 16.6. The molecule has 0 aromatic heterocycles. The largest absolute Gasteiger partial charge is 0.508 e. The highest BCUT2D eigenvalue weighted by molar-refractivity contribution is 5.66. The molecule has 2 N–H and O–H groups in total. The first-order valence-corrected chi connectivity index (χ1v) is 5.24. The van der Waals surface area contributed by atoms with Gasteiger partial charge in [0.1, 0.15) is 19.3 Å². The summed E-state index contributed by atoms with van der Waals surface area (Å²) in [5.74, 6) is -0.555. The quantitative estimate of drug-likeness (QED) is 0.542. The maximum atomic E-state index is 11.1. The molecule has 0 aromatic rings. The van der Waals surface area contributed by atoms with Gasteiger partial charge in [-0.05, 0) is 0 Å². The zero-order chi connectivity index (χ0) is 14.0. The van der Waals surface area contributed by atoms with Gasteiger partial charge >= 0.3 is 12.1 Å². The van der Waals surface area contributed by atoms with Crippen molar-refractivity contribution in [3.05, 3.63) is 0 Å². The third-order valence-electron chi connectivity index (χ3n) is 1.69. The maximum Gasteiger partial charge on any atom is 0.508 e. The molecule has 0 radical (unpaired) electrons. The SMILES string of the molecule is COCC(O)COC(=O)OC(CO)COC(C)=O. The van der Waals surface area contributed by atoms with Gasteiger partial charge in [-0.1, -0.05) is 0 Å². The molecular weight excluding hydrogens is 248 g/mol. The zero-order valence-corrected chi connectivity index (χ0v) is 10.3. The second kappa shape index (κ2) is 9.63. The van der Waals surface area contributed by atoms with Crippen LogP contribution in [0.3, 0.4) is 0 Å². The normalized spacial score (nSPS) is 13.6. The summed E-state index contributed by atoms with van der Waals surface area (Å²) in [6.07, 6.45) is -3.03. The second-order valence-electron chi connectivity index (χ2n) is 3.40. The van der Waals surface area contributed by atoms with E-state index in [4.69, 9.17) is 5.11 Å². The van der Waals surface area contributed by atoms with Gasteiger partial charge in [0.2, 0.25) is 0 Å². The number of methoxy groups -OCH3 is 1. The minimum Gasteiger partial charge on any atom is -0.462 e. The molecule has 0 aromatic carbocycles. The van der Waals surface area contributed by atoms with Gasteiger partial charge in [0.25, 0.3) is 0 Å². The summed E-state index contributed by atoms with van der Waals surface area (Å²) in [7, 11) is 1.39. The van der Waals surface area contributed by atoms with Gasteiger partial charge in [-0.25, -0.2) is 4.79 Å². The summed E-state index contributed by atoms with van der Waals surface area (Å²) in [4.78, 5) is 21.6. The second-order valence-corrected chi connectivity index (χ2v) is 3.40. The first-order chi connectivity index (χ1) is 8.49. The molecular formula is C10H18O8. The lowest BCUT2D eigenvalue weighted by molar-refractivity contribution is -0.145. The van der Waals surface area contributed by atoms with E-state index in [2.05, 4.69) is 18.9 Å². The van der Waals surface area contributed by atoms with Crippen LogP contribution in [0.25, 0.3) is 0 Å². The van der Waals surface area contributed by atoms with Crippen molar-refractivity contribution in [1.82, 2.24) is 0 Å². The number of carbonyl (C=O) groups excluding carboxylic acids is 2. The van der Waals surface area contributed by atoms with Crippen molar-refractivity contribution in [2.45, 2.75) is 19.1 Å². The Morgan fingerprint density at radius 2 is 1.83 bits per heavy atom. The number of aliphatic hydroxyl groups excluding tert-OH is 2. The maximum absolute atomic E-state index is 11.1. The molecule has 0 rings (SSSR count). The van der Waals surface area contributed by atoms with Crippen LogP contribution in [0.4, 0.5) is 4.79 Å². The predicted octanol–water partition coefficient (Wildman–Crippen LogP) is -0.929. The Balaban J connectivity index is 3.85. The predicted molar refractivity (Wildman–Crippen MR) is 57.8 cm³/mol. The molecule has 0 saturated heterocycles. The minimum atomic E-state index is -1.07. The molecule has 2 unspecified atom stereocenters. The van der Waals surface area contributed by atoms with Crippen LogP contribution in [0.15, 0.2) is 0 Å². The van der Waals surface area contributed by atoms with Crippen LogP contribution in [-0.4, -0.2) is 68.1 Å². The standard InChI is InChI=1S/C10H18O8/c1-7(12)16-6-9(3-11)18-10(14)17-5-8(13)4-15-2/h8-9,11,13H,3-6H2,1-2H3. The number of ether oxygens (including phenoxy) is 4. The van der Waals surface area contributed by atoms with E-state index >= 15 is 0 Å². The lowest BCUT2D eigenvalue weighted by Gasteiger charge is -2.15. The fraction of sp³-hybridized carbons (Fsp3) is 0.800. The number of carbonyl (C=O) groups is 2. The molecule has 0 amide bonds. The summed E-state index contributed by atoms with van der Waals surface area (Å²) in [6.45, 7) is 0.140. The van der Waals surface area contributed by atoms with Crippen LogP contribution >= 0.6 is 0 Å². The fourth-order valence-corrected chi connectivity index (χ4v) is 0.909. The third-order valence-corrected chi connectivity index (χ3v) is 1.69. The molecule has 0 aliphatic heterocycles. The number of rotatable bonds is 8. The van der Waals surface area contributed by atoms with Crippen LogP contribution in [0, 0.1) is 0 Å². The van der Waals surface area contributed by atoms with E-state index in [0.717, 1.165) is 0 Å². The van der Waals surface area contributed by atoms with Crippen LogP contribution in [0.2, 0.25) is 0 Å². The van der Waals surface area contributed by atoms with Crippen molar-refractivity contribution in [1.29, 1.82) is 0 Å². The van der Waals surface area contributed by atoms with E-state index in [1.165, 1.54) is 14.0 Å². The molecule has 0 heterocycles. The zero-order valence-electron chi connectivity index (χ0n) is 10.3. The smallest absolute Gasteiger partial charge is 0.462 e. The molecule has 0 fully saturated rings. The summed E-state index contributed by atoms with van der Waals surface area (Å²) in [5.41, 5.74) is 0. The highest BCUT2D eigenvalue weighted by Gasteiger charge is 2.17. The lowest BCUT2D eigenvalue weighted by atomic mass is 10.4. The van der Waals surface area contributed by atoms with Crippen molar-refractivity contribution in [2.75, 3.05) is 33.5 Å². The van der Waals surface area contributed by atoms with E-state index in [-0.39, 0.29) is 19.8 Å². The van der Waals surface area contributed by atoms with E-state index in [1.54, 1.807) is 0 Å². The summed E-state index contributed by atoms with van der Waals surface area (Å²) < 4.78 is 18.4. The summed E-state index contributed by atoms with van der Waals surface area (Å²) in [5, 5.41) is 18.0. The van der Waals surface area contributed by atoms with Crippen molar-refractivity contribution in [2.24, 2.45) is 0 Å². The highest BCUT2D eigenvalue weighted by Crippen LogP contribution is 1.98. The van der Waals surface area contributed by atoms with Crippen LogP contribution in [-0.2, 0) is 23.7 Å². The average Bonchev–Trinajstić information content (AvgIpc) is 2.32. The van der Waals surface area contributed by atoms with Gasteiger partial charge in [-0.2, -0.15) is 0 Å². The highest BCUT2D eigenvalue weighted by atomic mass is 16.7. The van der Waals surface area contributed by atoms with Gasteiger partial charge in [-0.15, -0.1) is 0 Å². The first-order valence-electron chi connectivity index (χ1n) is 5.24. The summed E-state index contributed by atoms with van der Waals surface area (Å²) >= 11 is 0. The van der Waals surface area contributed by atoms with E-state index in [1.807, 2.05) is 0 Å². The Bertz CT molecular complexity index is 254. The number of aliphatic hydroxyl groups is 2. The topological polar surface area (TPSA) is 112 Å². The van der Waals surface area contributed by atoms with Gasteiger partial charge in [0, 0.05) is 14.0 Å². The minimum absolute atomic E-state index is 0.0180. The number of hydrogen-bond donors (Lipinski definition) is 2. The van der Waals surface area contributed by atoms with E-state index < -0.39 is 30.9 Å². The number of esters is 1. The molecule has 0 spiro atoms. The monoisotopic (exact) mass is 266 g/mol. The van der Waals surface area contributed by atoms with Crippen molar-refractivity contribution in [3.8, 4) is 0 Å². The Labute approximate surface area is 104 Å². The Kier molecular flexibility index (Phi) is 8.89. The summed E-state index contributed by atoms with van der Waals surface area (Å²) in [6, 6.07) is 0. The molecule has 0 aliphatic rings. The number of hydrogen-bond acceptors (Lipinski definition) is 8. The lowest BCUT2D eigenvalue weighted by Crippen LogP contribution is -2.30. The van der Waals surface area contributed by atoms with Gasteiger partial charge in [0.15, 0.2) is 6.10 Å². The molecule has 0 bridgehead atoms. The Morgan fingerprint density at radius 1 is 1.17 bits per heavy atom.